The van der Waals surface area contributed by atoms with Crippen LogP contribution in [0.1, 0.15) is 16.1 Å². The van der Waals surface area contributed by atoms with Gasteiger partial charge in [0.05, 0.1) is 0 Å². The number of carbonyl (C=O) groups is 1. The van der Waals surface area contributed by atoms with Crippen LogP contribution < -0.4 is 5.32 Å². The monoisotopic (exact) mass is 228 g/mol. The number of nitrogens with zero attached hydrogens (tertiary/aromatic N) is 1. The molecule has 0 saturated heterocycles. The molecule has 0 saturated carbocycles. The lowest BCUT2D eigenvalue weighted by Gasteiger charge is -2.06. The molecule has 0 aliphatic heterocycles. The standard InChI is InChI=1S/C13H12N2O2/c1-9-4-2-5-10(8-9)15-13(17)12-11(16)6-3-7-14-12/h2-8,16H,1H3,(H,15,17). The fourth-order valence-electron chi connectivity index (χ4n) is 1.48. The van der Waals surface area contributed by atoms with Crippen LogP contribution in [0.25, 0.3) is 0 Å². The van der Waals surface area contributed by atoms with Gasteiger partial charge in [-0.05, 0) is 36.8 Å². The van der Waals surface area contributed by atoms with Gasteiger partial charge in [-0.1, -0.05) is 12.1 Å². The summed E-state index contributed by atoms with van der Waals surface area (Å²) in [6.07, 6.45) is 1.46. The lowest BCUT2D eigenvalue weighted by molar-refractivity contribution is 0.101. The van der Waals surface area contributed by atoms with Crippen LogP contribution in [0.5, 0.6) is 5.75 Å². The molecule has 0 aliphatic carbocycles. The number of anilines is 1. The van der Waals surface area contributed by atoms with Gasteiger partial charge >= 0.3 is 0 Å². The van der Waals surface area contributed by atoms with Crippen molar-refractivity contribution in [1.29, 1.82) is 0 Å². The first-order valence-corrected chi connectivity index (χ1v) is 5.19. The molecule has 4 heteroatoms. The highest BCUT2D eigenvalue weighted by Gasteiger charge is 2.11. The van der Waals surface area contributed by atoms with E-state index in [9.17, 15) is 9.90 Å². The normalized spacial score (nSPS) is 9.94. The highest BCUT2D eigenvalue weighted by atomic mass is 16.3. The van der Waals surface area contributed by atoms with Crippen molar-refractivity contribution in [2.75, 3.05) is 5.32 Å². The largest absolute Gasteiger partial charge is 0.505 e. The fourth-order valence-corrected chi connectivity index (χ4v) is 1.48. The van der Waals surface area contributed by atoms with Crippen molar-refractivity contribution in [3.63, 3.8) is 0 Å². The number of rotatable bonds is 2. The summed E-state index contributed by atoms with van der Waals surface area (Å²) in [6.45, 7) is 1.94. The fraction of sp³-hybridized carbons (Fsp3) is 0.0769. The zero-order valence-electron chi connectivity index (χ0n) is 9.34. The highest BCUT2D eigenvalue weighted by Crippen LogP contribution is 2.16. The molecule has 0 radical (unpaired) electrons. The Labute approximate surface area is 98.9 Å². The number of hydrogen-bond acceptors (Lipinski definition) is 3. The molecule has 1 aromatic carbocycles. The van der Waals surface area contributed by atoms with Gasteiger partial charge in [0.15, 0.2) is 5.69 Å². The van der Waals surface area contributed by atoms with E-state index in [-0.39, 0.29) is 11.4 Å². The summed E-state index contributed by atoms with van der Waals surface area (Å²) in [7, 11) is 0. The first kappa shape index (κ1) is 11.1. The summed E-state index contributed by atoms with van der Waals surface area (Å²) >= 11 is 0. The van der Waals surface area contributed by atoms with Gasteiger partial charge in [0.1, 0.15) is 5.75 Å². The molecule has 2 rings (SSSR count). The molecule has 2 aromatic rings. The highest BCUT2D eigenvalue weighted by molar-refractivity contribution is 6.04. The molecule has 0 unspecified atom stereocenters. The predicted molar refractivity (Wildman–Crippen MR) is 65.0 cm³/mol. The summed E-state index contributed by atoms with van der Waals surface area (Å²) in [4.78, 5) is 15.6. The minimum absolute atomic E-state index is 0.0222. The molecule has 1 heterocycles. The second-order valence-corrected chi connectivity index (χ2v) is 3.69. The van der Waals surface area contributed by atoms with Crippen LogP contribution in [-0.2, 0) is 0 Å². The SMILES string of the molecule is Cc1cccc(NC(=O)c2ncccc2O)c1. The third kappa shape index (κ3) is 2.60. The molecule has 0 fully saturated rings. The summed E-state index contributed by atoms with van der Waals surface area (Å²) < 4.78 is 0. The Morgan fingerprint density at radius 1 is 1.29 bits per heavy atom. The summed E-state index contributed by atoms with van der Waals surface area (Å²) in [5.41, 5.74) is 1.75. The number of carbonyl (C=O) groups excluding carboxylic acids is 1. The number of aromatic nitrogens is 1. The van der Waals surface area contributed by atoms with Crippen LogP contribution in [0.4, 0.5) is 5.69 Å². The van der Waals surface area contributed by atoms with Gasteiger partial charge < -0.3 is 10.4 Å². The number of hydrogen-bond donors (Lipinski definition) is 2. The molecule has 17 heavy (non-hydrogen) atoms. The molecule has 2 N–H and O–H groups in total. The van der Waals surface area contributed by atoms with Crippen LogP contribution in [0.15, 0.2) is 42.6 Å². The molecule has 4 nitrogen and oxygen atoms in total. The molecule has 0 aliphatic rings. The number of nitrogens with one attached hydrogen (secondary N) is 1. The van der Waals surface area contributed by atoms with Gasteiger partial charge in [-0.3, -0.25) is 4.79 Å². The second-order valence-electron chi connectivity index (χ2n) is 3.69. The van der Waals surface area contributed by atoms with Crippen LogP contribution >= 0.6 is 0 Å². The van der Waals surface area contributed by atoms with Crippen LogP contribution in [0.2, 0.25) is 0 Å². The third-order valence-electron chi connectivity index (χ3n) is 2.28. The first-order chi connectivity index (χ1) is 8.16. The van der Waals surface area contributed by atoms with Crippen LogP contribution in [-0.4, -0.2) is 16.0 Å². The average Bonchev–Trinajstić information content (AvgIpc) is 2.29. The minimum atomic E-state index is -0.423. The molecule has 0 spiro atoms. The maximum absolute atomic E-state index is 11.8. The van der Waals surface area contributed by atoms with Gasteiger partial charge in [-0.25, -0.2) is 4.98 Å². The van der Waals surface area contributed by atoms with Crippen molar-refractivity contribution < 1.29 is 9.90 Å². The van der Waals surface area contributed by atoms with Gasteiger partial charge in [0, 0.05) is 11.9 Å². The van der Waals surface area contributed by atoms with Gasteiger partial charge in [-0.15, -0.1) is 0 Å². The lowest BCUT2D eigenvalue weighted by Crippen LogP contribution is -2.13. The Balaban J connectivity index is 2.20. The molecule has 1 amide bonds. The van der Waals surface area contributed by atoms with E-state index in [2.05, 4.69) is 10.3 Å². The zero-order valence-corrected chi connectivity index (χ0v) is 9.34. The Hall–Kier alpha value is -2.36. The Morgan fingerprint density at radius 2 is 2.12 bits per heavy atom. The number of aryl methyl sites for hydroxylation is 1. The minimum Gasteiger partial charge on any atom is -0.505 e. The summed E-state index contributed by atoms with van der Waals surface area (Å²) in [5, 5.41) is 12.2. The van der Waals surface area contributed by atoms with Gasteiger partial charge in [0.2, 0.25) is 0 Å². The quantitative estimate of drug-likeness (QED) is 0.829. The van der Waals surface area contributed by atoms with E-state index in [1.165, 1.54) is 12.3 Å². The number of aromatic hydroxyl groups is 1. The predicted octanol–water partition coefficient (Wildman–Crippen LogP) is 2.35. The van der Waals surface area contributed by atoms with E-state index in [0.717, 1.165) is 5.56 Å². The zero-order chi connectivity index (χ0) is 12.3. The van der Waals surface area contributed by atoms with Crippen LogP contribution in [0, 0.1) is 6.92 Å². The molecular formula is C13H12N2O2. The van der Waals surface area contributed by atoms with Gasteiger partial charge in [-0.2, -0.15) is 0 Å². The molecule has 0 atom stereocenters. The van der Waals surface area contributed by atoms with Crippen molar-refractivity contribution in [1.82, 2.24) is 4.98 Å². The Kier molecular flexibility index (Phi) is 3.05. The smallest absolute Gasteiger partial charge is 0.278 e. The maximum Gasteiger partial charge on any atom is 0.278 e. The Morgan fingerprint density at radius 3 is 2.82 bits per heavy atom. The van der Waals surface area contributed by atoms with Crippen molar-refractivity contribution in [2.24, 2.45) is 0 Å². The van der Waals surface area contributed by atoms with E-state index in [1.54, 1.807) is 12.1 Å². The number of amides is 1. The number of benzene rings is 1. The molecule has 1 aromatic heterocycles. The molecular weight excluding hydrogens is 216 g/mol. The van der Waals surface area contributed by atoms with E-state index in [1.807, 2.05) is 25.1 Å². The first-order valence-electron chi connectivity index (χ1n) is 5.19. The average molecular weight is 228 g/mol. The van der Waals surface area contributed by atoms with Crippen molar-refractivity contribution in [3.05, 3.63) is 53.9 Å². The molecule has 86 valence electrons. The van der Waals surface area contributed by atoms with Gasteiger partial charge in [0.25, 0.3) is 5.91 Å². The van der Waals surface area contributed by atoms with Crippen molar-refractivity contribution in [2.45, 2.75) is 6.92 Å². The summed E-state index contributed by atoms with van der Waals surface area (Å²) in [6, 6.07) is 10.4. The number of pyridine rings is 1. The molecule has 0 bridgehead atoms. The van der Waals surface area contributed by atoms with E-state index < -0.39 is 5.91 Å². The maximum atomic E-state index is 11.8. The third-order valence-corrected chi connectivity index (χ3v) is 2.28. The van der Waals surface area contributed by atoms with Crippen molar-refractivity contribution in [3.8, 4) is 5.75 Å². The van der Waals surface area contributed by atoms with E-state index in [0.29, 0.717) is 5.69 Å². The second kappa shape index (κ2) is 4.65. The Bertz CT molecular complexity index is 553. The lowest BCUT2D eigenvalue weighted by atomic mass is 10.2. The topological polar surface area (TPSA) is 62.2 Å². The summed E-state index contributed by atoms with van der Waals surface area (Å²) in [5.74, 6) is -0.550. The van der Waals surface area contributed by atoms with Crippen LogP contribution in [0.3, 0.4) is 0 Å². The van der Waals surface area contributed by atoms with Crippen molar-refractivity contribution >= 4 is 11.6 Å². The van der Waals surface area contributed by atoms with E-state index in [4.69, 9.17) is 0 Å². The van der Waals surface area contributed by atoms with E-state index >= 15 is 0 Å².